The summed E-state index contributed by atoms with van der Waals surface area (Å²) in [6.07, 6.45) is -2.39. The van der Waals surface area contributed by atoms with Gasteiger partial charge in [-0.3, -0.25) is 4.79 Å². The van der Waals surface area contributed by atoms with E-state index < -0.39 is 24.7 Å². The van der Waals surface area contributed by atoms with Crippen LogP contribution in [0.25, 0.3) is 0 Å². The molecule has 0 aliphatic rings. The third-order valence-electron chi connectivity index (χ3n) is 1.43. The summed E-state index contributed by atoms with van der Waals surface area (Å²) in [5.41, 5.74) is -0.355. The number of halogens is 4. The molecule has 7 heteroatoms. The second kappa shape index (κ2) is 4.72. The number of pyridine rings is 1. The van der Waals surface area contributed by atoms with Crippen molar-refractivity contribution < 1.29 is 27.1 Å². The van der Waals surface area contributed by atoms with Gasteiger partial charge in [-0.1, -0.05) is 0 Å². The van der Waals surface area contributed by atoms with Crippen LogP contribution in [-0.2, 0) is 0 Å². The van der Waals surface area contributed by atoms with Crippen LogP contribution in [0.15, 0.2) is 18.3 Å². The summed E-state index contributed by atoms with van der Waals surface area (Å²) in [6, 6.07) is 1.86. The average molecular weight is 223 g/mol. The molecule has 0 saturated heterocycles. The molecule has 15 heavy (non-hydrogen) atoms. The van der Waals surface area contributed by atoms with Crippen LogP contribution >= 0.6 is 0 Å². The van der Waals surface area contributed by atoms with Gasteiger partial charge < -0.3 is 4.74 Å². The van der Waals surface area contributed by atoms with Crippen LogP contribution in [0.5, 0.6) is 5.88 Å². The maximum absolute atomic E-state index is 11.9. The zero-order valence-electron chi connectivity index (χ0n) is 7.16. The van der Waals surface area contributed by atoms with Gasteiger partial charge in [0.25, 0.3) is 0 Å². The van der Waals surface area contributed by atoms with E-state index in [1.807, 2.05) is 0 Å². The van der Waals surface area contributed by atoms with Gasteiger partial charge in [0, 0.05) is 17.8 Å². The number of nitrogens with zero attached hydrogens (tertiary/aromatic N) is 1. The van der Waals surface area contributed by atoms with Gasteiger partial charge in [0.1, 0.15) is 0 Å². The first-order chi connectivity index (χ1) is 7.00. The lowest BCUT2D eigenvalue weighted by atomic mass is 10.2. The molecule has 1 rings (SSSR count). The van der Waals surface area contributed by atoms with E-state index in [2.05, 4.69) is 9.72 Å². The smallest absolute Gasteiger partial charge is 0.388 e. The zero-order chi connectivity index (χ0) is 11.4. The monoisotopic (exact) mass is 223 g/mol. The molecule has 0 spiro atoms. The molecule has 1 aromatic rings. The first-order valence-corrected chi connectivity index (χ1v) is 3.74. The van der Waals surface area contributed by atoms with Crippen molar-refractivity contribution in [2.75, 3.05) is 0 Å². The first-order valence-electron chi connectivity index (χ1n) is 3.74. The summed E-state index contributed by atoms with van der Waals surface area (Å²) in [6.45, 7) is -3.05. The molecule has 1 heterocycles. The largest absolute Gasteiger partial charge is 0.417 e. The fraction of sp³-hybridized carbons (Fsp3) is 0.250. The van der Waals surface area contributed by atoms with Crippen LogP contribution in [0.3, 0.4) is 0 Å². The molecule has 0 fully saturated rings. The van der Waals surface area contributed by atoms with Gasteiger partial charge in [-0.15, -0.1) is 0 Å². The summed E-state index contributed by atoms with van der Waals surface area (Å²) in [4.78, 5) is 14.0. The number of ketones is 1. The molecule has 0 unspecified atom stereocenters. The quantitative estimate of drug-likeness (QED) is 0.579. The summed E-state index contributed by atoms with van der Waals surface area (Å²) in [7, 11) is 0. The van der Waals surface area contributed by atoms with Crippen molar-refractivity contribution in [2.24, 2.45) is 0 Å². The van der Waals surface area contributed by atoms with E-state index in [0.717, 1.165) is 18.3 Å². The normalized spacial score (nSPS) is 10.8. The van der Waals surface area contributed by atoms with Crippen LogP contribution < -0.4 is 4.74 Å². The highest BCUT2D eigenvalue weighted by atomic mass is 19.3. The lowest BCUT2D eigenvalue weighted by Gasteiger charge is -2.03. The number of aromatic nitrogens is 1. The number of ether oxygens (including phenoxy) is 1. The van der Waals surface area contributed by atoms with Crippen molar-refractivity contribution >= 4 is 5.78 Å². The Bertz CT molecular complexity index is 339. The maximum Gasteiger partial charge on any atom is 0.388 e. The van der Waals surface area contributed by atoms with E-state index >= 15 is 0 Å². The van der Waals surface area contributed by atoms with Crippen molar-refractivity contribution in [1.82, 2.24) is 4.98 Å². The Labute approximate surface area is 81.7 Å². The highest BCUT2D eigenvalue weighted by molar-refractivity contribution is 5.98. The highest BCUT2D eigenvalue weighted by Gasteiger charge is 2.18. The number of rotatable bonds is 4. The fourth-order valence-electron chi connectivity index (χ4n) is 0.813. The molecular weight excluding hydrogens is 218 g/mol. The minimum Gasteiger partial charge on any atom is -0.417 e. The van der Waals surface area contributed by atoms with Crippen molar-refractivity contribution in [3.63, 3.8) is 0 Å². The topological polar surface area (TPSA) is 39.2 Å². The van der Waals surface area contributed by atoms with Crippen molar-refractivity contribution in [2.45, 2.75) is 13.0 Å². The lowest BCUT2D eigenvalue weighted by molar-refractivity contribution is -0.0528. The molecule has 82 valence electrons. The third kappa shape index (κ3) is 3.19. The van der Waals surface area contributed by atoms with Gasteiger partial charge >= 0.3 is 13.0 Å². The number of alkyl halides is 4. The number of Topliss-reactive ketones (excluding diaryl/α,β-unsaturated/α-hetero) is 1. The lowest BCUT2D eigenvalue weighted by Crippen LogP contribution is -2.11. The van der Waals surface area contributed by atoms with Crippen molar-refractivity contribution in [3.8, 4) is 5.88 Å². The standard InChI is InChI=1S/C8H5F4NO2/c9-7(10)6(14)4-1-2-5(13-3-4)15-8(11)12/h1-3,7-8H. The summed E-state index contributed by atoms with van der Waals surface area (Å²) in [5.74, 6) is -1.85. The molecule has 0 bridgehead atoms. The molecule has 1 aromatic heterocycles. The number of carbonyl (C=O) groups excluding carboxylic acids is 1. The highest BCUT2D eigenvalue weighted by Crippen LogP contribution is 2.13. The third-order valence-corrected chi connectivity index (χ3v) is 1.43. The first kappa shape index (κ1) is 11.4. The van der Waals surface area contributed by atoms with Gasteiger partial charge in [0.15, 0.2) is 0 Å². The minimum absolute atomic E-state index is 0.355. The van der Waals surface area contributed by atoms with Gasteiger partial charge in [-0.05, 0) is 6.07 Å². The fourth-order valence-corrected chi connectivity index (χ4v) is 0.813. The second-order valence-electron chi connectivity index (χ2n) is 2.43. The second-order valence-corrected chi connectivity index (χ2v) is 2.43. The Morgan fingerprint density at radius 1 is 1.27 bits per heavy atom. The van der Waals surface area contributed by atoms with E-state index in [1.165, 1.54) is 0 Å². The van der Waals surface area contributed by atoms with Crippen LogP contribution in [0.2, 0.25) is 0 Å². The summed E-state index contributed by atoms with van der Waals surface area (Å²) < 4.78 is 51.0. The average Bonchev–Trinajstić information content (AvgIpc) is 2.17. The van der Waals surface area contributed by atoms with Gasteiger partial charge in [0.05, 0.1) is 0 Å². The van der Waals surface area contributed by atoms with Gasteiger partial charge in [0.2, 0.25) is 11.7 Å². The minimum atomic E-state index is -3.14. The number of carbonyl (C=O) groups is 1. The van der Waals surface area contributed by atoms with Crippen LogP contribution in [0.4, 0.5) is 17.6 Å². The molecule has 3 nitrogen and oxygen atoms in total. The Kier molecular flexibility index (Phi) is 3.59. The molecule has 0 atom stereocenters. The van der Waals surface area contributed by atoms with Crippen molar-refractivity contribution in [3.05, 3.63) is 23.9 Å². The predicted octanol–water partition coefficient (Wildman–Crippen LogP) is 2.13. The van der Waals surface area contributed by atoms with Crippen LogP contribution in [0.1, 0.15) is 10.4 Å². The Morgan fingerprint density at radius 3 is 2.33 bits per heavy atom. The Hall–Kier alpha value is -1.66. The molecule has 0 aliphatic heterocycles. The van der Waals surface area contributed by atoms with E-state index in [4.69, 9.17) is 0 Å². The maximum atomic E-state index is 11.9. The van der Waals surface area contributed by atoms with Crippen LogP contribution in [0, 0.1) is 0 Å². The van der Waals surface area contributed by atoms with Crippen molar-refractivity contribution in [1.29, 1.82) is 0 Å². The molecule has 0 amide bonds. The Balaban J connectivity index is 2.76. The summed E-state index contributed by atoms with van der Waals surface area (Å²) >= 11 is 0. The van der Waals surface area contributed by atoms with Gasteiger partial charge in [-0.25, -0.2) is 13.8 Å². The SMILES string of the molecule is O=C(c1ccc(OC(F)F)nc1)C(F)F. The predicted molar refractivity (Wildman–Crippen MR) is 41.2 cm³/mol. The Morgan fingerprint density at radius 2 is 1.93 bits per heavy atom. The molecule has 0 radical (unpaired) electrons. The van der Waals surface area contributed by atoms with E-state index in [-0.39, 0.29) is 5.56 Å². The van der Waals surface area contributed by atoms with E-state index in [9.17, 15) is 22.4 Å². The molecule has 0 aliphatic carbocycles. The number of hydrogen-bond donors (Lipinski definition) is 0. The molecule has 0 saturated carbocycles. The van der Waals surface area contributed by atoms with Gasteiger partial charge in [-0.2, -0.15) is 8.78 Å². The zero-order valence-corrected chi connectivity index (χ0v) is 7.16. The van der Waals surface area contributed by atoms with E-state index in [0.29, 0.717) is 0 Å². The van der Waals surface area contributed by atoms with Crippen LogP contribution in [-0.4, -0.2) is 23.8 Å². The molecule has 0 N–H and O–H groups in total. The molecule has 0 aromatic carbocycles. The number of hydrogen-bond acceptors (Lipinski definition) is 3. The molecular formula is C8H5F4NO2. The summed E-state index contributed by atoms with van der Waals surface area (Å²) in [5, 5.41) is 0. The van der Waals surface area contributed by atoms with E-state index in [1.54, 1.807) is 0 Å².